The van der Waals surface area contributed by atoms with Crippen LogP contribution in [0.5, 0.6) is 0 Å². The predicted octanol–water partition coefficient (Wildman–Crippen LogP) is 8.02. The van der Waals surface area contributed by atoms with Gasteiger partial charge >= 0.3 is 11.9 Å². The highest BCUT2D eigenvalue weighted by Gasteiger charge is 2.25. The number of likely N-dealkylation sites (N-methyl/N-ethyl adjacent to an activating group) is 1. The minimum atomic E-state index is -1.13. The summed E-state index contributed by atoms with van der Waals surface area (Å²) in [5.74, 6) is -1.76. The summed E-state index contributed by atoms with van der Waals surface area (Å²) in [6.07, 6.45) is 30.5. The zero-order valence-electron chi connectivity index (χ0n) is 30.9. The van der Waals surface area contributed by atoms with E-state index < -0.39 is 18.1 Å². The summed E-state index contributed by atoms with van der Waals surface area (Å²) in [6, 6.07) is -0.724. The molecular weight excluding hydrogens is 594 g/mol. The molecule has 0 bridgehead atoms. The first-order chi connectivity index (χ1) is 22.6. The first-order valence-corrected chi connectivity index (χ1v) is 18.9. The van der Waals surface area contributed by atoms with E-state index in [1.54, 1.807) is 21.1 Å². The van der Waals surface area contributed by atoms with Gasteiger partial charge < -0.3 is 28.6 Å². The Bertz CT molecular complexity index is 834. The molecule has 274 valence electrons. The van der Waals surface area contributed by atoms with Crippen molar-refractivity contribution >= 4 is 17.9 Å². The van der Waals surface area contributed by atoms with Crippen molar-refractivity contribution in [3.8, 4) is 0 Å². The maximum atomic E-state index is 12.6. The van der Waals surface area contributed by atoms with Crippen LogP contribution < -0.4 is 5.11 Å². The third-order valence-corrected chi connectivity index (χ3v) is 8.31. The van der Waals surface area contributed by atoms with Gasteiger partial charge in [0.25, 0.3) is 0 Å². The highest BCUT2D eigenvalue weighted by Crippen LogP contribution is 2.12. The molecule has 8 heteroatoms. The summed E-state index contributed by atoms with van der Waals surface area (Å²) in [5, 5.41) is 11.6. The molecule has 2 atom stereocenters. The number of carbonyl (C=O) groups is 3. The average Bonchev–Trinajstić information content (AvgIpc) is 3.01. The molecular formula is C39H71NO7. The first-order valence-electron chi connectivity index (χ1n) is 18.9. The Balaban J connectivity index is 4.46. The molecule has 47 heavy (non-hydrogen) atoms. The van der Waals surface area contributed by atoms with Crippen LogP contribution in [0, 0.1) is 0 Å². The van der Waals surface area contributed by atoms with Crippen molar-refractivity contribution in [2.45, 2.75) is 167 Å². The molecule has 0 saturated carbocycles. The second-order valence-corrected chi connectivity index (χ2v) is 13.8. The van der Waals surface area contributed by atoms with Gasteiger partial charge in [-0.05, 0) is 57.8 Å². The van der Waals surface area contributed by atoms with E-state index in [9.17, 15) is 19.5 Å². The Kier molecular flexibility index (Phi) is 29.7. The van der Waals surface area contributed by atoms with Crippen LogP contribution in [0.25, 0.3) is 0 Å². The molecule has 0 heterocycles. The van der Waals surface area contributed by atoms with Crippen LogP contribution in [-0.4, -0.2) is 75.5 Å². The lowest BCUT2D eigenvalue weighted by Crippen LogP contribution is -2.55. The summed E-state index contributed by atoms with van der Waals surface area (Å²) in [5.41, 5.74) is 0. The van der Waals surface area contributed by atoms with Gasteiger partial charge in [0.2, 0.25) is 0 Å². The fourth-order valence-electron chi connectivity index (χ4n) is 5.28. The van der Waals surface area contributed by atoms with Crippen LogP contribution in [0.2, 0.25) is 0 Å². The normalized spacial score (nSPS) is 13.3. The van der Waals surface area contributed by atoms with Crippen molar-refractivity contribution in [2.24, 2.45) is 0 Å². The Morgan fingerprint density at radius 1 is 0.617 bits per heavy atom. The van der Waals surface area contributed by atoms with Crippen molar-refractivity contribution in [1.82, 2.24) is 0 Å². The number of esters is 2. The fraction of sp³-hybridized carbons (Fsp3) is 0.821. The average molecular weight is 666 g/mol. The van der Waals surface area contributed by atoms with Crippen LogP contribution in [0.15, 0.2) is 24.3 Å². The predicted molar refractivity (Wildman–Crippen MR) is 190 cm³/mol. The second-order valence-electron chi connectivity index (χ2n) is 13.8. The zero-order valence-corrected chi connectivity index (χ0v) is 30.9. The number of rotatable bonds is 33. The molecule has 0 aromatic heterocycles. The van der Waals surface area contributed by atoms with Crippen LogP contribution in [-0.2, 0) is 28.6 Å². The Morgan fingerprint density at radius 3 is 1.60 bits per heavy atom. The summed E-state index contributed by atoms with van der Waals surface area (Å²) in [6.45, 7) is 4.56. The maximum Gasteiger partial charge on any atom is 0.306 e. The Morgan fingerprint density at radius 2 is 1.09 bits per heavy atom. The molecule has 0 radical (unpaired) electrons. The van der Waals surface area contributed by atoms with E-state index in [4.69, 9.17) is 14.2 Å². The van der Waals surface area contributed by atoms with Crippen LogP contribution in [0.1, 0.15) is 155 Å². The van der Waals surface area contributed by atoms with E-state index in [0.717, 1.165) is 64.2 Å². The van der Waals surface area contributed by atoms with E-state index in [1.165, 1.54) is 57.8 Å². The second kappa shape index (κ2) is 31.1. The number of carboxylic acids is 1. The van der Waals surface area contributed by atoms with E-state index in [0.29, 0.717) is 12.8 Å². The summed E-state index contributed by atoms with van der Waals surface area (Å²) < 4.78 is 17.0. The number of nitrogens with zero attached hydrogens (tertiary/aromatic N) is 1. The molecule has 0 amide bonds. The molecule has 0 fully saturated rings. The van der Waals surface area contributed by atoms with E-state index >= 15 is 0 Å². The van der Waals surface area contributed by atoms with Crippen molar-refractivity contribution in [3.63, 3.8) is 0 Å². The molecule has 0 aliphatic rings. The van der Waals surface area contributed by atoms with Gasteiger partial charge in [0.15, 0.2) is 6.10 Å². The number of aliphatic carboxylic acids is 1. The van der Waals surface area contributed by atoms with Gasteiger partial charge in [0, 0.05) is 19.3 Å². The summed E-state index contributed by atoms with van der Waals surface area (Å²) in [7, 11) is 5.39. The zero-order chi connectivity index (χ0) is 35.0. The molecule has 0 aromatic carbocycles. The molecule has 0 aliphatic carbocycles. The molecule has 0 saturated heterocycles. The first kappa shape index (κ1) is 44.8. The standard InChI is InChI=1S/C39H71NO7/c1-6-8-10-12-14-16-18-20-22-24-26-28-30-38(42)47-35(33-45-32-31-36(39(43)44)40(3,4)5)34-46-37(41)29-27-25-23-21-19-17-15-13-11-9-7-2/h13-16,35-36H,6-12,17-34H2,1-5H3/b15-13-,16-14-. The summed E-state index contributed by atoms with van der Waals surface area (Å²) >= 11 is 0. The highest BCUT2D eigenvalue weighted by molar-refractivity contribution is 5.70. The van der Waals surface area contributed by atoms with Crippen LogP contribution in [0.4, 0.5) is 0 Å². The Hall–Kier alpha value is -2.19. The molecule has 0 rings (SSSR count). The van der Waals surface area contributed by atoms with Crippen molar-refractivity contribution in [2.75, 3.05) is 41.0 Å². The van der Waals surface area contributed by atoms with Crippen molar-refractivity contribution < 1.29 is 38.2 Å². The lowest BCUT2D eigenvalue weighted by molar-refractivity contribution is -0.889. The van der Waals surface area contributed by atoms with Gasteiger partial charge in [-0.25, -0.2) is 0 Å². The lowest BCUT2D eigenvalue weighted by Gasteiger charge is -2.34. The third kappa shape index (κ3) is 29.7. The molecule has 0 N–H and O–H groups in total. The van der Waals surface area contributed by atoms with Gasteiger partial charge in [-0.2, -0.15) is 0 Å². The molecule has 0 spiro atoms. The number of hydrogen-bond donors (Lipinski definition) is 0. The van der Waals surface area contributed by atoms with Gasteiger partial charge in [-0.15, -0.1) is 0 Å². The largest absolute Gasteiger partial charge is 0.544 e. The summed E-state index contributed by atoms with van der Waals surface area (Å²) in [4.78, 5) is 36.6. The number of hydrogen-bond acceptors (Lipinski definition) is 7. The van der Waals surface area contributed by atoms with Gasteiger partial charge in [-0.3, -0.25) is 9.59 Å². The van der Waals surface area contributed by atoms with Crippen LogP contribution in [0.3, 0.4) is 0 Å². The monoisotopic (exact) mass is 666 g/mol. The highest BCUT2D eigenvalue weighted by atomic mass is 16.6. The quantitative estimate of drug-likeness (QED) is 0.0303. The third-order valence-electron chi connectivity index (χ3n) is 8.31. The number of allylic oxidation sites excluding steroid dienone is 4. The van der Waals surface area contributed by atoms with E-state index in [2.05, 4.69) is 38.2 Å². The van der Waals surface area contributed by atoms with Gasteiger partial charge in [0.05, 0.1) is 40.3 Å². The number of ether oxygens (including phenoxy) is 3. The molecule has 8 nitrogen and oxygen atoms in total. The van der Waals surface area contributed by atoms with Crippen molar-refractivity contribution in [1.29, 1.82) is 0 Å². The van der Waals surface area contributed by atoms with Gasteiger partial charge in [0.1, 0.15) is 12.6 Å². The SMILES string of the molecule is CCCC/C=C\CCCCCCCC(=O)OCC(COCCC(C(=O)[O-])[N+](C)(C)C)OC(=O)CCCCCCC/C=C\CCCCC. The minimum absolute atomic E-state index is 0.0365. The smallest absolute Gasteiger partial charge is 0.306 e. The number of carboxylic acid groups (broad SMARTS) is 1. The van der Waals surface area contributed by atoms with Crippen molar-refractivity contribution in [3.05, 3.63) is 24.3 Å². The lowest BCUT2D eigenvalue weighted by atomic mass is 10.1. The maximum absolute atomic E-state index is 12.6. The van der Waals surface area contributed by atoms with Crippen LogP contribution >= 0.6 is 0 Å². The fourth-order valence-corrected chi connectivity index (χ4v) is 5.28. The molecule has 0 aromatic rings. The van der Waals surface area contributed by atoms with Gasteiger partial charge in [-0.1, -0.05) is 102 Å². The topological polar surface area (TPSA) is 102 Å². The van der Waals surface area contributed by atoms with E-state index in [1.807, 2.05) is 0 Å². The molecule has 2 unspecified atom stereocenters. The minimum Gasteiger partial charge on any atom is -0.544 e. The Labute approximate surface area is 288 Å². The van der Waals surface area contributed by atoms with E-state index in [-0.39, 0.29) is 42.7 Å². The number of carbonyl (C=O) groups excluding carboxylic acids is 3. The number of quaternary nitrogens is 1. The molecule has 0 aliphatic heterocycles. The number of unbranched alkanes of at least 4 members (excludes halogenated alkanes) is 15.